The number of rotatable bonds is 3. The van der Waals surface area contributed by atoms with Crippen molar-refractivity contribution in [3.63, 3.8) is 0 Å². The Kier molecular flexibility index (Phi) is 4.10. The molecule has 128 valence electrons. The van der Waals surface area contributed by atoms with Gasteiger partial charge < -0.3 is 5.32 Å². The Hall–Kier alpha value is -3.25. The third-order valence-corrected chi connectivity index (χ3v) is 4.31. The second kappa shape index (κ2) is 6.57. The molecule has 6 nitrogen and oxygen atoms in total. The monoisotopic (exact) mass is 363 g/mol. The van der Waals surface area contributed by atoms with Crippen LogP contribution in [0.25, 0.3) is 16.8 Å². The van der Waals surface area contributed by atoms with Gasteiger partial charge in [-0.05, 0) is 31.2 Å². The van der Waals surface area contributed by atoms with Crippen LogP contribution in [0, 0.1) is 6.92 Å². The molecule has 0 fully saturated rings. The highest BCUT2D eigenvalue weighted by Crippen LogP contribution is 2.26. The van der Waals surface area contributed by atoms with Gasteiger partial charge in [-0.1, -0.05) is 29.8 Å². The average molecular weight is 364 g/mol. The van der Waals surface area contributed by atoms with E-state index in [-0.39, 0.29) is 5.91 Å². The SMILES string of the molecule is Cc1nn2ccccc2c1-c1cnc(NC(=O)c2ccccc2Cl)cn1. The summed E-state index contributed by atoms with van der Waals surface area (Å²) in [5.74, 6) is 0.0256. The van der Waals surface area contributed by atoms with Crippen molar-refractivity contribution in [2.45, 2.75) is 6.92 Å². The van der Waals surface area contributed by atoms with Crippen molar-refractivity contribution in [1.29, 1.82) is 0 Å². The normalized spacial score (nSPS) is 10.8. The van der Waals surface area contributed by atoms with Gasteiger partial charge in [0.25, 0.3) is 5.91 Å². The molecule has 4 aromatic rings. The average Bonchev–Trinajstić information content (AvgIpc) is 2.98. The van der Waals surface area contributed by atoms with Crippen molar-refractivity contribution < 1.29 is 4.79 Å². The predicted molar refractivity (Wildman–Crippen MR) is 100 cm³/mol. The van der Waals surface area contributed by atoms with Gasteiger partial charge >= 0.3 is 0 Å². The Morgan fingerprint density at radius 2 is 1.88 bits per heavy atom. The van der Waals surface area contributed by atoms with Gasteiger partial charge in [0.15, 0.2) is 5.82 Å². The van der Waals surface area contributed by atoms with Crippen molar-refractivity contribution in [2.75, 3.05) is 5.32 Å². The Labute approximate surface area is 154 Å². The highest BCUT2D eigenvalue weighted by atomic mass is 35.5. The first kappa shape index (κ1) is 16.2. The van der Waals surface area contributed by atoms with Gasteiger partial charge in [-0.2, -0.15) is 5.10 Å². The summed E-state index contributed by atoms with van der Waals surface area (Å²) in [4.78, 5) is 21.0. The third-order valence-electron chi connectivity index (χ3n) is 3.98. The van der Waals surface area contributed by atoms with Gasteiger partial charge in [-0.3, -0.25) is 9.78 Å². The van der Waals surface area contributed by atoms with Crippen LogP contribution in [-0.2, 0) is 0 Å². The van der Waals surface area contributed by atoms with E-state index in [1.165, 1.54) is 6.20 Å². The number of nitrogens with zero attached hydrogens (tertiary/aromatic N) is 4. The Balaban J connectivity index is 1.62. The largest absolute Gasteiger partial charge is 0.305 e. The first-order valence-corrected chi connectivity index (χ1v) is 8.33. The summed E-state index contributed by atoms with van der Waals surface area (Å²) in [7, 11) is 0. The minimum absolute atomic E-state index is 0.329. The van der Waals surface area contributed by atoms with Gasteiger partial charge in [0.1, 0.15) is 0 Å². The molecule has 0 aliphatic rings. The predicted octanol–water partition coefficient (Wildman–Crippen LogP) is 4.01. The van der Waals surface area contributed by atoms with Crippen LogP contribution in [0.3, 0.4) is 0 Å². The number of fused-ring (bicyclic) bond motifs is 1. The molecule has 4 rings (SSSR count). The molecule has 0 aliphatic heterocycles. The fourth-order valence-corrected chi connectivity index (χ4v) is 3.01. The van der Waals surface area contributed by atoms with Crippen LogP contribution < -0.4 is 5.32 Å². The second-order valence-corrected chi connectivity index (χ2v) is 6.12. The number of pyridine rings is 1. The van der Waals surface area contributed by atoms with Crippen molar-refractivity contribution in [3.05, 3.63) is 77.3 Å². The Bertz CT molecular complexity index is 1100. The van der Waals surface area contributed by atoms with Crippen molar-refractivity contribution >= 4 is 28.8 Å². The lowest BCUT2D eigenvalue weighted by atomic mass is 10.1. The number of carbonyl (C=O) groups excluding carboxylic acids is 1. The number of aromatic nitrogens is 4. The smallest absolute Gasteiger partial charge is 0.258 e. The zero-order valence-electron chi connectivity index (χ0n) is 13.8. The van der Waals surface area contributed by atoms with Crippen LogP contribution in [0.2, 0.25) is 5.02 Å². The van der Waals surface area contributed by atoms with Crippen LogP contribution in [0.15, 0.2) is 61.1 Å². The maximum Gasteiger partial charge on any atom is 0.258 e. The highest BCUT2D eigenvalue weighted by molar-refractivity contribution is 6.34. The van der Waals surface area contributed by atoms with Gasteiger partial charge in [0.05, 0.1) is 45.4 Å². The molecule has 7 heteroatoms. The first-order valence-electron chi connectivity index (χ1n) is 7.96. The second-order valence-electron chi connectivity index (χ2n) is 5.71. The van der Waals surface area contributed by atoms with Crippen LogP contribution >= 0.6 is 11.6 Å². The van der Waals surface area contributed by atoms with E-state index in [2.05, 4.69) is 20.4 Å². The molecule has 1 N–H and O–H groups in total. The fourth-order valence-electron chi connectivity index (χ4n) is 2.78. The highest BCUT2D eigenvalue weighted by Gasteiger charge is 2.14. The van der Waals surface area contributed by atoms with Gasteiger partial charge in [-0.15, -0.1) is 0 Å². The van der Waals surface area contributed by atoms with Gasteiger partial charge in [0.2, 0.25) is 0 Å². The number of hydrogen-bond donors (Lipinski definition) is 1. The summed E-state index contributed by atoms with van der Waals surface area (Å²) >= 11 is 6.04. The summed E-state index contributed by atoms with van der Waals surface area (Å²) in [6, 6.07) is 12.7. The minimum Gasteiger partial charge on any atom is -0.305 e. The van der Waals surface area contributed by atoms with E-state index in [1.54, 1.807) is 35.0 Å². The van der Waals surface area contributed by atoms with Crippen molar-refractivity contribution in [1.82, 2.24) is 19.6 Å². The number of aryl methyl sites for hydroxylation is 1. The summed E-state index contributed by atoms with van der Waals surface area (Å²) in [6.07, 6.45) is 5.03. The molecule has 0 radical (unpaired) electrons. The zero-order valence-corrected chi connectivity index (χ0v) is 14.6. The van der Waals surface area contributed by atoms with Crippen LogP contribution in [0.4, 0.5) is 5.82 Å². The summed E-state index contributed by atoms with van der Waals surface area (Å²) in [5.41, 5.74) is 3.81. The number of hydrogen-bond acceptors (Lipinski definition) is 4. The Morgan fingerprint density at radius 1 is 1.08 bits per heavy atom. The number of anilines is 1. The van der Waals surface area contributed by atoms with E-state index >= 15 is 0 Å². The molecule has 0 aliphatic carbocycles. The number of amides is 1. The molecular formula is C19H14ClN5O. The summed E-state index contributed by atoms with van der Waals surface area (Å²) in [5, 5.41) is 7.57. The van der Waals surface area contributed by atoms with E-state index in [9.17, 15) is 4.79 Å². The van der Waals surface area contributed by atoms with Gasteiger partial charge in [0, 0.05) is 6.20 Å². The Morgan fingerprint density at radius 3 is 2.65 bits per heavy atom. The van der Waals surface area contributed by atoms with Crippen molar-refractivity contribution in [3.8, 4) is 11.3 Å². The van der Waals surface area contributed by atoms with E-state index in [0.717, 1.165) is 16.8 Å². The molecule has 0 atom stereocenters. The lowest BCUT2D eigenvalue weighted by molar-refractivity contribution is 0.102. The quantitative estimate of drug-likeness (QED) is 0.597. The summed E-state index contributed by atoms with van der Waals surface area (Å²) in [6.45, 7) is 1.93. The lowest BCUT2D eigenvalue weighted by Gasteiger charge is -2.06. The maximum atomic E-state index is 12.3. The lowest BCUT2D eigenvalue weighted by Crippen LogP contribution is -2.13. The minimum atomic E-state index is -0.329. The zero-order chi connectivity index (χ0) is 18.1. The standard InChI is InChI=1S/C19H14ClN5O/c1-12-18(16-8-4-5-9-25(16)24-12)15-10-22-17(11-21-15)23-19(26)13-6-2-3-7-14(13)20/h2-11H,1H3,(H,22,23,26). The number of carbonyl (C=O) groups is 1. The van der Waals surface area contributed by atoms with E-state index in [0.29, 0.717) is 22.1 Å². The fraction of sp³-hybridized carbons (Fsp3) is 0.0526. The van der Waals surface area contributed by atoms with Gasteiger partial charge in [-0.25, -0.2) is 9.50 Å². The van der Waals surface area contributed by atoms with E-state index < -0.39 is 0 Å². The molecule has 3 aromatic heterocycles. The molecular weight excluding hydrogens is 350 g/mol. The number of halogens is 1. The summed E-state index contributed by atoms with van der Waals surface area (Å²) < 4.78 is 1.80. The molecule has 0 saturated heterocycles. The van der Waals surface area contributed by atoms with Crippen LogP contribution in [0.5, 0.6) is 0 Å². The molecule has 3 heterocycles. The molecule has 1 aromatic carbocycles. The van der Waals surface area contributed by atoms with E-state index in [1.807, 2.05) is 31.3 Å². The molecule has 1 amide bonds. The number of nitrogens with one attached hydrogen (secondary N) is 1. The van der Waals surface area contributed by atoms with Crippen LogP contribution in [0.1, 0.15) is 16.1 Å². The van der Waals surface area contributed by atoms with Crippen molar-refractivity contribution in [2.24, 2.45) is 0 Å². The molecule has 0 saturated carbocycles. The van der Waals surface area contributed by atoms with Crippen LogP contribution in [-0.4, -0.2) is 25.5 Å². The topological polar surface area (TPSA) is 72.2 Å². The first-order chi connectivity index (χ1) is 12.6. The molecule has 0 bridgehead atoms. The maximum absolute atomic E-state index is 12.3. The molecule has 0 spiro atoms. The number of benzene rings is 1. The molecule has 0 unspecified atom stereocenters. The third kappa shape index (κ3) is 2.91. The molecule has 26 heavy (non-hydrogen) atoms. The van der Waals surface area contributed by atoms with E-state index in [4.69, 9.17) is 11.6 Å².